The SMILES string of the molecule is O=C(Cc1cccc(F)c1)N1CCC[C@H]1c1ccco1. The number of furan rings is 1. The standard InChI is InChI=1S/C16H16FNO2/c17-13-5-1-4-12(10-13)11-16(19)18-8-2-6-14(18)15-7-3-9-20-15/h1,3-5,7,9-10,14H,2,6,8,11H2/t14-/m0/s1. The summed E-state index contributed by atoms with van der Waals surface area (Å²) in [6.07, 6.45) is 3.75. The monoisotopic (exact) mass is 273 g/mol. The lowest BCUT2D eigenvalue weighted by molar-refractivity contribution is -0.131. The van der Waals surface area contributed by atoms with E-state index in [1.807, 2.05) is 17.0 Å². The zero-order valence-corrected chi connectivity index (χ0v) is 11.1. The fourth-order valence-corrected chi connectivity index (χ4v) is 2.76. The van der Waals surface area contributed by atoms with E-state index in [1.165, 1.54) is 12.1 Å². The number of hydrogen-bond donors (Lipinski definition) is 0. The lowest BCUT2D eigenvalue weighted by Crippen LogP contribution is -2.31. The predicted octanol–water partition coefficient (Wildman–Crippen LogP) is 3.32. The molecular weight excluding hydrogens is 257 g/mol. The van der Waals surface area contributed by atoms with Crippen LogP contribution < -0.4 is 0 Å². The Balaban J connectivity index is 1.73. The maximum absolute atomic E-state index is 13.2. The normalized spacial score (nSPS) is 18.4. The Kier molecular flexibility index (Phi) is 3.54. The van der Waals surface area contributed by atoms with Crippen molar-refractivity contribution >= 4 is 5.91 Å². The number of amides is 1. The molecule has 1 aliphatic rings. The van der Waals surface area contributed by atoms with Gasteiger partial charge in [-0.3, -0.25) is 4.79 Å². The molecule has 0 aliphatic carbocycles. The quantitative estimate of drug-likeness (QED) is 0.859. The van der Waals surface area contributed by atoms with Crippen LogP contribution in [0.5, 0.6) is 0 Å². The van der Waals surface area contributed by atoms with E-state index in [1.54, 1.807) is 18.4 Å². The summed E-state index contributed by atoms with van der Waals surface area (Å²) in [5.74, 6) is 0.545. The summed E-state index contributed by atoms with van der Waals surface area (Å²) in [6.45, 7) is 0.736. The molecule has 0 saturated carbocycles. The molecule has 0 bridgehead atoms. The summed E-state index contributed by atoms with van der Waals surface area (Å²) in [5.41, 5.74) is 0.708. The molecule has 1 amide bonds. The summed E-state index contributed by atoms with van der Waals surface area (Å²) < 4.78 is 18.6. The fourth-order valence-electron chi connectivity index (χ4n) is 2.76. The lowest BCUT2D eigenvalue weighted by Gasteiger charge is -2.23. The van der Waals surface area contributed by atoms with Crippen LogP contribution in [-0.2, 0) is 11.2 Å². The first kappa shape index (κ1) is 12.9. The molecule has 0 spiro atoms. The highest BCUT2D eigenvalue weighted by Gasteiger charge is 2.31. The topological polar surface area (TPSA) is 33.5 Å². The number of likely N-dealkylation sites (tertiary alicyclic amines) is 1. The first-order chi connectivity index (χ1) is 9.74. The Hall–Kier alpha value is -2.10. The van der Waals surface area contributed by atoms with Crippen molar-refractivity contribution in [1.29, 1.82) is 0 Å². The van der Waals surface area contributed by atoms with E-state index in [0.29, 0.717) is 5.56 Å². The summed E-state index contributed by atoms with van der Waals surface area (Å²) in [4.78, 5) is 14.2. The molecule has 1 aromatic carbocycles. The second-order valence-electron chi connectivity index (χ2n) is 5.07. The second-order valence-corrected chi connectivity index (χ2v) is 5.07. The molecule has 1 atom stereocenters. The van der Waals surface area contributed by atoms with Gasteiger partial charge in [-0.1, -0.05) is 12.1 Å². The molecule has 4 heteroatoms. The Morgan fingerprint density at radius 1 is 1.35 bits per heavy atom. The van der Waals surface area contributed by atoms with Crippen LogP contribution in [-0.4, -0.2) is 17.4 Å². The smallest absolute Gasteiger partial charge is 0.227 e. The van der Waals surface area contributed by atoms with Gasteiger partial charge in [-0.2, -0.15) is 0 Å². The van der Waals surface area contributed by atoms with Crippen LogP contribution in [0, 0.1) is 5.82 Å². The van der Waals surface area contributed by atoms with Crippen molar-refractivity contribution in [3.05, 3.63) is 59.8 Å². The van der Waals surface area contributed by atoms with Gasteiger partial charge in [-0.25, -0.2) is 4.39 Å². The summed E-state index contributed by atoms with van der Waals surface area (Å²) >= 11 is 0. The molecule has 0 radical (unpaired) electrons. The average molecular weight is 273 g/mol. The molecule has 3 nitrogen and oxygen atoms in total. The van der Waals surface area contributed by atoms with Gasteiger partial charge in [-0.15, -0.1) is 0 Å². The minimum atomic E-state index is -0.306. The summed E-state index contributed by atoms with van der Waals surface area (Å²) in [7, 11) is 0. The maximum atomic E-state index is 13.2. The molecule has 1 aromatic heterocycles. The van der Waals surface area contributed by atoms with Crippen LogP contribution in [0.3, 0.4) is 0 Å². The lowest BCUT2D eigenvalue weighted by atomic mass is 10.1. The Morgan fingerprint density at radius 3 is 3.00 bits per heavy atom. The Morgan fingerprint density at radius 2 is 2.25 bits per heavy atom. The zero-order valence-electron chi connectivity index (χ0n) is 11.1. The van der Waals surface area contributed by atoms with Crippen LogP contribution >= 0.6 is 0 Å². The van der Waals surface area contributed by atoms with Crippen LogP contribution in [0.1, 0.15) is 30.2 Å². The molecule has 20 heavy (non-hydrogen) atoms. The molecule has 0 N–H and O–H groups in total. The number of nitrogens with zero attached hydrogens (tertiary/aromatic N) is 1. The molecule has 1 fully saturated rings. The van der Waals surface area contributed by atoms with Crippen molar-refractivity contribution in [1.82, 2.24) is 4.90 Å². The molecule has 104 valence electrons. The van der Waals surface area contributed by atoms with Gasteiger partial charge in [0.15, 0.2) is 0 Å². The average Bonchev–Trinajstić information content (AvgIpc) is 3.09. The van der Waals surface area contributed by atoms with Crippen LogP contribution in [0.15, 0.2) is 47.1 Å². The van der Waals surface area contributed by atoms with E-state index >= 15 is 0 Å². The molecule has 3 rings (SSSR count). The first-order valence-electron chi connectivity index (χ1n) is 6.81. The summed E-state index contributed by atoms with van der Waals surface area (Å²) in [5, 5.41) is 0. The number of hydrogen-bond acceptors (Lipinski definition) is 2. The van der Waals surface area contributed by atoms with Crippen molar-refractivity contribution in [2.45, 2.75) is 25.3 Å². The van der Waals surface area contributed by atoms with E-state index < -0.39 is 0 Å². The largest absolute Gasteiger partial charge is 0.467 e. The molecule has 1 saturated heterocycles. The second kappa shape index (κ2) is 5.49. The molecule has 1 aliphatic heterocycles. The highest BCUT2D eigenvalue weighted by Crippen LogP contribution is 2.32. The van der Waals surface area contributed by atoms with Gasteiger partial charge in [0, 0.05) is 6.54 Å². The minimum Gasteiger partial charge on any atom is -0.467 e. The van der Waals surface area contributed by atoms with E-state index in [-0.39, 0.29) is 24.2 Å². The number of benzene rings is 1. The molecule has 2 aromatic rings. The third-order valence-electron chi connectivity index (χ3n) is 3.69. The molecular formula is C16H16FNO2. The van der Waals surface area contributed by atoms with Crippen molar-refractivity contribution in [3.63, 3.8) is 0 Å². The summed E-state index contributed by atoms with van der Waals surface area (Å²) in [6, 6.07) is 9.96. The van der Waals surface area contributed by atoms with Gasteiger partial charge < -0.3 is 9.32 Å². The van der Waals surface area contributed by atoms with Crippen LogP contribution in [0.25, 0.3) is 0 Å². The van der Waals surface area contributed by atoms with Gasteiger partial charge in [0.05, 0.1) is 18.7 Å². The fraction of sp³-hybridized carbons (Fsp3) is 0.312. The number of rotatable bonds is 3. The third-order valence-corrected chi connectivity index (χ3v) is 3.69. The number of carbonyl (C=O) groups excluding carboxylic acids is 1. The van der Waals surface area contributed by atoms with E-state index in [4.69, 9.17) is 4.42 Å². The van der Waals surface area contributed by atoms with Crippen molar-refractivity contribution in [2.24, 2.45) is 0 Å². The Labute approximate surface area is 117 Å². The maximum Gasteiger partial charge on any atom is 0.227 e. The van der Waals surface area contributed by atoms with Gasteiger partial charge in [0.1, 0.15) is 11.6 Å². The molecule has 0 unspecified atom stereocenters. The van der Waals surface area contributed by atoms with E-state index in [0.717, 1.165) is 25.1 Å². The first-order valence-corrected chi connectivity index (χ1v) is 6.81. The highest BCUT2D eigenvalue weighted by atomic mass is 19.1. The van der Waals surface area contributed by atoms with Crippen molar-refractivity contribution < 1.29 is 13.6 Å². The van der Waals surface area contributed by atoms with Gasteiger partial charge in [-0.05, 0) is 42.7 Å². The predicted molar refractivity (Wildman–Crippen MR) is 72.5 cm³/mol. The van der Waals surface area contributed by atoms with Crippen molar-refractivity contribution in [3.8, 4) is 0 Å². The Bertz CT molecular complexity index is 594. The van der Waals surface area contributed by atoms with Crippen molar-refractivity contribution in [2.75, 3.05) is 6.54 Å². The minimum absolute atomic E-state index is 0.0195. The third kappa shape index (κ3) is 2.59. The van der Waals surface area contributed by atoms with E-state index in [9.17, 15) is 9.18 Å². The van der Waals surface area contributed by atoms with Gasteiger partial charge >= 0.3 is 0 Å². The van der Waals surface area contributed by atoms with Gasteiger partial charge in [0.2, 0.25) is 5.91 Å². The van der Waals surface area contributed by atoms with Crippen LogP contribution in [0.4, 0.5) is 4.39 Å². The van der Waals surface area contributed by atoms with Crippen LogP contribution in [0.2, 0.25) is 0 Å². The number of halogens is 1. The van der Waals surface area contributed by atoms with Gasteiger partial charge in [0.25, 0.3) is 0 Å². The molecule has 2 heterocycles. The highest BCUT2D eigenvalue weighted by molar-refractivity contribution is 5.79. The number of carbonyl (C=O) groups is 1. The van der Waals surface area contributed by atoms with E-state index in [2.05, 4.69) is 0 Å². The zero-order chi connectivity index (χ0) is 13.9.